The van der Waals surface area contributed by atoms with Crippen LogP contribution in [0.1, 0.15) is 78.1 Å². The van der Waals surface area contributed by atoms with Crippen LogP contribution in [-0.4, -0.2) is 11.6 Å². The lowest BCUT2D eigenvalue weighted by molar-refractivity contribution is -0.145. The Hall–Kier alpha value is -1.10. The van der Waals surface area contributed by atoms with E-state index in [1.54, 1.807) is 6.92 Å². The van der Waals surface area contributed by atoms with Gasteiger partial charge in [-0.1, -0.05) is 6.92 Å². The van der Waals surface area contributed by atoms with Crippen molar-refractivity contribution >= 4 is 11.6 Å². The van der Waals surface area contributed by atoms with Crippen molar-refractivity contribution in [3.63, 3.8) is 0 Å². The average Bonchev–Trinajstić information content (AvgIpc) is 2.93. The molecule has 136 valence electrons. The molecule has 0 N–H and O–H groups in total. The molecule has 2 nitrogen and oxygen atoms in total. The molecule has 0 aromatic heterocycles. The molecule has 0 aromatic carbocycles. The zero-order valence-electron chi connectivity index (χ0n) is 15.9. The van der Waals surface area contributed by atoms with E-state index in [0.29, 0.717) is 29.3 Å². The lowest BCUT2D eigenvalue weighted by Gasteiger charge is -2.61. The molecule has 7 atom stereocenters. The fraction of sp³-hybridized carbons (Fsp3) is 0.826. The molecular formula is C23H32O2. The van der Waals surface area contributed by atoms with Gasteiger partial charge in [0.1, 0.15) is 11.6 Å². The van der Waals surface area contributed by atoms with Crippen LogP contribution >= 0.6 is 0 Å². The van der Waals surface area contributed by atoms with Gasteiger partial charge >= 0.3 is 0 Å². The first-order valence-corrected chi connectivity index (χ1v) is 10.4. The third-order valence-corrected chi connectivity index (χ3v) is 9.10. The SMILES string of the molecule is C#CCC12CCC(=O)CC1CCC1C3CCC(C(C)=O)C3(C)CCC12. The van der Waals surface area contributed by atoms with Gasteiger partial charge in [-0.15, -0.1) is 12.3 Å². The van der Waals surface area contributed by atoms with E-state index in [-0.39, 0.29) is 16.7 Å². The van der Waals surface area contributed by atoms with Crippen LogP contribution in [0.15, 0.2) is 0 Å². The van der Waals surface area contributed by atoms with E-state index in [0.717, 1.165) is 38.0 Å². The van der Waals surface area contributed by atoms with Crippen LogP contribution in [0, 0.1) is 52.8 Å². The molecule has 0 bridgehead atoms. The number of carbonyl (C=O) groups excluding carboxylic acids is 2. The van der Waals surface area contributed by atoms with Crippen molar-refractivity contribution in [3.8, 4) is 12.3 Å². The van der Waals surface area contributed by atoms with E-state index in [9.17, 15) is 9.59 Å². The molecule has 0 heterocycles. The maximum atomic E-state index is 12.2. The fourth-order valence-electron chi connectivity index (χ4n) is 8.05. The number of hydrogen-bond acceptors (Lipinski definition) is 2. The van der Waals surface area contributed by atoms with Crippen LogP contribution in [0.5, 0.6) is 0 Å². The van der Waals surface area contributed by atoms with Crippen LogP contribution in [0.25, 0.3) is 0 Å². The Morgan fingerprint density at radius 3 is 2.68 bits per heavy atom. The highest BCUT2D eigenvalue weighted by Gasteiger charge is 2.61. The highest BCUT2D eigenvalue weighted by Crippen LogP contribution is 2.68. The van der Waals surface area contributed by atoms with Gasteiger partial charge in [-0.25, -0.2) is 0 Å². The van der Waals surface area contributed by atoms with Gasteiger partial charge in [0.25, 0.3) is 0 Å². The summed E-state index contributed by atoms with van der Waals surface area (Å²) in [6, 6.07) is 0. The summed E-state index contributed by atoms with van der Waals surface area (Å²) in [5.74, 6) is 6.74. The molecule has 7 unspecified atom stereocenters. The predicted octanol–water partition coefficient (Wildman–Crippen LogP) is 4.81. The summed E-state index contributed by atoms with van der Waals surface area (Å²) >= 11 is 0. The number of Topliss-reactive ketones (excluding diaryl/α,β-unsaturated/α-hetero) is 2. The minimum absolute atomic E-state index is 0.210. The van der Waals surface area contributed by atoms with Crippen molar-refractivity contribution in [2.24, 2.45) is 40.4 Å². The van der Waals surface area contributed by atoms with E-state index in [1.165, 1.54) is 32.1 Å². The Balaban J connectivity index is 1.67. The Morgan fingerprint density at radius 1 is 1.16 bits per heavy atom. The molecule has 2 heteroatoms. The van der Waals surface area contributed by atoms with E-state index in [4.69, 9.17) is 6.42 Å². The second kappa shape index (κ2) is 5.97. The van der Waals surface area contributed by atoms with E-state index >= 15 is 0 Å². The second-order valence-corrected chi connectivity index (χ2v) is 9.79. The summed E-state index contributed by atoms with van der Waals surface area (Å²) in [6.45, 7) is 4.20. The van der Waals surface area contributed by atoms with Crippen molar-refractivity contribution in [1.29, 1.82) is 0 Å². The van der Waals surface area contributed by atoms with E-state index in [1.807, 2.05) is 0 Å². The largest absolute Gasteiger partial charge is 0.300 e. The molecule has 4 aliphatic rings. The van der Waals surface area contributed by atoms with Gasteiger partial charge in [0, 0.05) is 25.2 Å². The van der Waals surface area contributed by atoms with Gasteiger partial charge in [-0.05, 0) is 86.4 Å². The number of carbonyl (C=O) groups is 2. The number of rotatable bonds is 2. The molecule has 0 aliphatic heterocycles. The smallest absolute Gasteiger partial charge is 0.133 e. The normalized spacial score (nSPS) is 48.8. The topological polar surface area (TPSA) is 34.1 Å². The van der Waals surface area contributed by atoms with Gasteiger partial charge in [0.2, 0.25) is 0 Å². The van der Waals surface area contributed by atoms with Crippen molar-refractivity contribution in [3.05, 3.63) is 0 Å². The third kappa shape index (κ3) is 2.37. The Morgan fingerprint density at radius 2 is 1.96 bits per heavy atom. The van der Waals surface area contributed by atoms with Gasteiger partial charge in [0.15, 0.2) is 0 Å². The number of hydrogen-bond donors (Lipinski definition) is 0. The second-order valence-electron chi connectivity index (χ2n) is 9.79. The van der Waals surface area contributed by atoms with Crippen LogP contribution < -0.4 is 0 Å². The third-order valence-electron chi connectivity index (χ3n) is 9.10. The van der Waals surface area contributed by atoms with Crippen LogP contribution in [0.2, 0.25) is 0 Å². The van der Waals surface area contributed by atoms with Crippen LogP contribution in [0.3, 0.4) is 0 Å². The number of fused-ring (bicyclic) bond motifs is 5. The first kappa shape index (κ1) is 17.3. The maximum absolute atomic E-state index is 12.2. The van der Waals surface area contributed by atoms with E-state index < -0.39 is 0 Å². The average molecular weight is 341 g/mol. The Bertz CT molecular complexity index is 628. The highest BCUT2D eigenvalue weighted by atomic mass is 16.1. The molecule has 0 amide bonds. The van der Waals surface area contributed by atoms with E-state index in [2.05, 4.69) is 12.8 Å². The minimum Gasteiger partial charge on any atom is -0.300 e. The van der Waals surface area contributed by atoms with Gasteiger partial charge < -0.3 is 0 Å². The fourth-order valence-corrected chi connectivity index (χ4v) is 8.05. The number of terminal acetylenes is 1. The monoisotopic (exact) mass is 340 g/mol. The molecule has 0 saturated heterocycles. The first-order valence-electron chi connectivity index (χ1n) is 10.4. The Labute approximate surface area is 152 Å². The van der Waals surface area contributed by atoms with Gasteiger partial charge in [-0.3, -0.25) is 9.59 Å². The zero-order valence-corrected chi connectivity index (χ0v) is 15.9. The lowest BCUT2D eigenvalue weighted by Crippen LogP contribution is -2.55. The molecular weight excluding hydrogens is 308 g/mol. The molecule has 0 spiro atoms. The summed E-state index contributed by atoms with van der Waals surface area (Å²) < 4.78 is 0. The molecule has 4 aliphatic carbocycles. The molecule has 0 radical (unpaired) electrons. The van der Waals surface area contributed by atoms with Crippen molar-refractivity contribution in [2.75, 3.05) is 0 Å². The highest BCUT2D eigenvalue weighted by molar-refractivity contribution is 5.80. The molecule has 0 aromatic rings. The van der Waals surface area contributed by atoms with Gasteiger partial charge in [0.05, 0.1) is 0 Å². The van der Waals surface area contributed by atoms with Crippen LogP contribution in [0.4, 0.5) is 0 Å². The maximum Gasteiger partial charge on any atom is 0.133 e. The van der Waals surface area contributed by atoms with Crippen molar-refractivity contribution in [1.82, 2.24) is 0 Å². The lowest BCUT2D eigenvalue weighted by atomic mass is 9.43. The van der Waals surface area contributed by atoms with Crippen molar-refractivity contribution < 1.29 is 9.59 Å². The molecule has 4 fully saturated rings. The van der Waals surface area contributed by atoms with Crippen LogP contribution in [-0.2, 0) is 9.59 Å². The molecule has 4 saturated carbocycles. The molecule has 25 heavy (non-hydrogen) atoms. The standard InChI is InChI=1S/C23H32O2/c1-4-11-23-13-9-17(25)14-16(23)5-6-18-20-8-7-19(15(2)24)22(20,3)12-10-21(18)23/h1,16,18-21H,5-14H2,2-3H3. The number of ketones is 2. The zero-order chi connectivity index (χ0) is 17.8. The minimum atomic E-state index is 0.210. The summed E-state index contributed by atoms with van der Waals surface area (Å²) in [7, 11) is 0. The molecule has 4 rings (SSSR count). The summed E-state index contributed by atoms with van der Waals surface area (Å²) in [5, 5.41) is 0. The summed E-state index contributed by atoms with van der Waals surface area (Å²) in [4.78, 5) is 24.3. The summed E-state index contributed by atoms with van der Waals surface area (Å²) in [6.07, 6.45) is 16.3. The predicted molar refractivity (Wildman–Crippen MR) is 98.7 cm³/mol. The summed E-state index contributed by atoms with van der Waals surface area (Å²) in [5.41, 5.74) is 0.420. The van der Waals surface area contributed by atoms with Crippen molar-refractivity contribution in [2.45, 2.75) is 78.1 Å². The van der Waals surface area contributed by atoms with Gasteiger partial charge in [-0.2, -0.15) is 0 Å². The first-order chi connectivity index (χ1) is 11.9. The Kier molecular flexibility index (Phi) is 4.13. The quantitative estimate of drug-likeness (QED) is 0.676.